The minimum absolute atomic E-state index is 0.754. The molecule has 6 heteroatoms. The smallest absolute Gasteiger partial charge is 0.0469 e. The Kier molecular flexibility index (Phi) is 6.70. The van der Waals surface area contributed by atoms with Gasteiger partial charge in [0.15, 0.2) is 0 Å². The van der Waals surface area contributed by atoms with Gasteiger partial charge in [0.1, 0.15) is 0 Å². The average Bonchev–Trinajstić information content (AvgIpc) is 2.30. The summed E-state index contributed by atoms with van der Waals surface area (Å²) in [7, 11) is 0. The second kappa shape index (κ2) is 7.53. The molecule has 4 N–H and O–H groups in total. The molecule has 0 saturated heterocycles. The Morgan fingerprint density at radius 1 is 0.611 bits per heavy atom. The van der Waals surface area contributed by atoms with Crippen molar-refractivity contribution >= 4 is 75.1 Å². The van der Waals surface area contributed by atoms with Crippen LogP contribution in [0.3, 0.4) is 0 Å². The average molecular weight is 502 g/mol. The molecule has 18 heavy (non-hydrogen) atoms. The van der Waals surface area contributed by atoms with E-state index in [9.17, 15) is 0 Å². The van der Waals surface area contributed by atoms with Gasteiger partial charge in [-0.05, 0) is 68.3 Å². The summed E-state index contributed by atoms with van der Waals surface area (Å²) in [5, 5.41) is 0. The fourth-order valence-electron chi connectivity index (χ4n) is 1.02. The molecule has 0 atom stereocenters. The number of hydrogen-bond donors (Lipinski definition) is 2. The molecule has 0 radical (unpaired) electrons. The molecule has 0 aromatic heterocycles. The standard InChI is InChI=1S/2C6H5Br2N/c7-4-1-2-6(9)5(8)3-4;7-4-1-2-5(8)6(9)3-4/h2*1-3H,9H2. The first-order valence-corrected chi connectivity index (χ1v) is 7.98. The molecular weight excluding hydrogens is 492 g/mol. The van der Waals surface area contributed by atoms with E-state index in [4.69, 9.17) is 11.5 Å². The number of nitrogens with two attached hydrogens (primary N) is 2. The largest absolute Gasteiger partial charge is 0.398 e. The lowest BCUT2D eigenvalue weighted by Crippen LogP contribution is -1.84. The Labute approximate surface area is 140 Å². The first-order valence-electron chi connectivity index (χ1n) is 4.81. The molecule has 0 aliphatic carbocycles. The first-order chi connectivity index (χ1) is 8.40. The van der Waals surface area contributed by atoms with Crippen LogP contribution in [0.15, 0.2) is 54.3 Å². The molecule has 2 aromatic carbocycles. The number of hydrogen-bond acceptors (Lipinski definition) is 2. The minimum atomic E-state index is 0.754. The Morgan fingerprint density at radius 2 is 1.17 bits per heavy atom. The lowest BCUT2D eigenvalue weighted by atomic mass is 10.3. The molecule has 0 aliphatic rings. The molecule has 0 heterocycles. The van der Waals surface area contributed by atoms with Crippen molar-refractivity contribution in [3.05, 3.63) is 54.3 Å². The van der Waals surface area contributed by atoms with Gasteiger partial charge in [-0.15, -0.1) is 0 Å². The van der Waals surface area contributed by atoms with Gasteiger partial charge in [0.25, 0.3) is 0 Å². The fourth-order valence-corrected chi connectivity index (χ4v) is 2.69. The third-order valence-electron chi connectivity index (χ3n) is 1.92. The molecular formula is C12H10Br4N2. The van der Waals surface area contributed by atoms with Gasteiger partial charge in [-0.1, -0.05) is 31.9 Å². The second-order valence-electron chi connectivity index (χ2n) is 3.33. The zero-order valence-electron chi connectivity index (χ0n) is 9.13. The monoisotopic (exact) mass is 498 g/mol. The Hall–Kier alpha value is -0.0400. The molecule has 0 unspecified atom stereocenters. The summed E-state index contributed by atoms with van der Waals surface area (Å²) in [5.41, 5.74) is 12.6. The van der Waals surface area contributed by atoms with E-state index in [2.05, 4.69) is 63.7 Å². The van der Waals surface area contributed by atoms with Gasteiger partial charge < -0.3 is 11.5 Å². The third kappa shape index (κ3) is 5.30. The van der Waals surface area contributed by atoms with Crippen LogP contribution in [-0.4, -0.2) is 0 Å². The van der Waals surface area contributed by atoms with Gasteiger partial charge in [0, 0.05) is 29.3 Å². The van der Waals surface area contributed by atoms with E-state index in [0.717, 1.165) is 29.3 Å². The highest BCUT2D eigenvalue weighted by atomic mass is 79.9. The van der Waals surface area contributed by atoms with Crippen molar-refractivity contribution in [2.75, 3.05) is 11.5 Å². The maximum atomic E-state index is 5.54. The summed E-state index contributed by atoms with van der Waals surface area (Å²) in [6, 6.07) is 11.3. The molecule has 0 bridgehead atoms. The van der Waals surface area contributed by atoms with Crippen LogP contribution in [0.4, 0.5) is 11.4 Å². The van der Waals surface area contributed by atoms with E-state index in [-0.39, 0.29) is 0 Å². The van der Waals surface area contributed by atoms with Crippen molar-refractivity contribution in [3.8, 4) is 0 Å². The van der Waals surface area contributed by atoms with Crippen LogP contribution in [0.25, 0.3) is 0 Å². The highest BCUT2D eigenvalue weighted by molar-refractivity contribution is 9.11. The molecule has 0 spiro atoms. The van der Waals surface area contributed by atoms with Crippen molar-refractivity contribution in [2.45, 2.75) is 0 Å². The molecule has 0 fully saturated rings. The zero-order chi connectivity index (χ0) is 13.7. The van der Waals surface area contributed by atoms with Crippen LogP contribution in [0.5, 0.6) is 0 Å². The quantitative estimate of drug-likeness (QED) is 0.463. The summed E-state index contributed by atoms with van der Waals surface area (Å²) in [5.74, 6) is 0. The summed E-state index contributed by atoms with van der Waals surface area (Å²) in [6.07, 6.45) is 0. The summed E-state index contributed by atoms with van der Waals surface area (Å²) in [4.78, 5) is 0. The van der Waals surface area contributed by atoms with Crippen LogP contribution >= 0.6 is 63.7 Å². The molecule has 96 valence electrons. The molecule has 0 amide bonds. The number of anilines is 2. The van der Waals surface area contributed by atoms with Crippen LogP contribution < -0.4 is 11.5 Å². The molecule has 2 rings (SSSR count). The zero-order valence-corrected chi connectivity index (χ0v) is 15.5. The molecule has 2 aromatic rings. The summed E-state index contributed by atoms with van der Waals surface area (Å²) in [6.45, 7) is 0. The van der Waals surface area contributed by atoms with E-state index in [1.54, 1.807) is 0 Å². The van der Waals surface area contributed by atoms with E-state index >= 15 is 0 Å². The van der Waals surface area contributed by atoms with Crippen LogP contribution in [0.1, 0.15) is 0 Å². The van der Waals surface area contributed by atoms with Gasteiger partial charge in [-0.2, -0.15) is 0 Å². The number of halogens is 4. The molecule has 2 nitrogen and oxygen atoms in total. The lowest BCUT2D eigenvalue weighted by Gasteiger charge is -1.95. The maximum absolute atomic E-state index is 5.54. The maximum Gasteiger partial charge on any atom is 0.0469 e. The lowest BCUT2D eigenvalue weighted by molar-refractivity contribution is 1.59. The van der Waals surface area contributed by atoms with Crippen molar-refractivity contribution < 1.29 is 0 Å². The number of benzene rings is 2. The van der Waals surface area contributed by atoms with Gasteiger partial charge in [0.05, 0.1) is 0 Å². The van der Waals surface area contributed by atoms with Crippen molar-refractivity contribution in [2.24, 2.45) is 0 Å². The fraction of sp³-hybridized carbons (Fsp3) is 0. The number of rotatable bonds is 0. The summed E-state index contributed by atoms with van der Waals surface area (Å²) >= 11 is 13.2. The predicted octanol–water partition coefficient (Wildman–Crippen LogP) is 5.59. The van der Waals surface area contributed by atoms with Crippen LogP contribution in [-0.2, 0) is 0 Å². The Bertz CT molecular complexity index is 494. The normalized spacial score (nSPS) is 9.56. The van der Waals surface area contributed by atoms with Crippen molar-refractivity contribution in [1.82, 2.24) is 0 Å². The summed E-state index contributed by atoms with van der Waals surface area (Å²) < 4.78 is 3.90. The van der Waals surface area contributed by atoms with E-state index in [1.807, 2.05) is 36.4 Å². The molecule has 0 saturated carbocycles. The van der Waals surface area contributed by atoms with Gasteiger partial charge >= 0.3 is 0 Å². The number of nitrogen functional groups attached to an aromatic ring is 2. The SMILES string of the molecule is Nc1cc(Br)ccc1Br.Nc1ccc(Br)cc1Br. The van der Waals surface area contributed by atoms with Crippen molar-refractivity contribution in [1.29, 1.82) is 0 Å². The first kappa shape index (κ1) is 16.0. The Morgan fingerprint density at radius 3 is 1.61 bits per heavy atom. The predicted molar refractivity (Wildman–Crippen MR) is 92.5 cm³/mol. The third-order valence-corrected chi connectivity index (χ3v) is 4.32. The van der Waals surface area contributed by atoms with Crippen LogP contribution in [0, 0.1) is 0 Å². The highest BCUT2D eigenvalue weighted by Crippen LogP contribution is 2.23. The Balaban J connectivity index is 0.000000180. The minimum Gasteiger partial charge on any atom is -0.398 e. The molecule has 0 aliphatic heterocycles. The van der Waals surface area contributed by atoms with E-state index in [1.165, 1.54) is 0 Å². The van der Waals surface area contributed by atoms with Gasteiger partial charge in [0.2, 0.25) is 0 Å². The van der Waals surface area contributed by atoms with Crippen LogP contribution in [0.2, 0.25) is 0 Å². The second-order valence-corrected chi connectivity index (χ2v) is 6.87. The topological polar surface area (TPSA) is 52.0 Å². The van der Waals surface area contributed by atoms with Gasteiger partial charge in [-0.25, -0.2) is 0 Å². The van der Waals surface area contributed by atoms with E-state index in [0.29, 0.717) is 0 Å². The van der Waals surface area contributed by atoms with Gasteiger partial charge in [-0.3, -0.25) is 0 Å². The van der Waals surface area contributed by atoms with E-state index < -0.39 is 0 Å². The van der Waals surface area contributed by atoms with Crippen molar-refractivity contribution in [3.63, 3.8) is 0 Å². The highest BCUT2D eigenvalue weighted by Gasteiger charge is 1.93.